The van der Waals surface area contributed by atoms with E-state index in [1.165, 1.54) is 35.4 Å². The Morgan fingerprint density at radius 1 is 1.21 bits per heavy atom. The van der Waals surface area contributed by atoms with Crippen LogP contribution in [0.4, 0.5) is 13.2 Å². The van der Waals surface area contributed by atoms with E-state index < -0.39 is 12.8 Å². The van der Waals surface area contributed by atoms with Crippen LogP contribution in [0.1, 0.15) is 21.6 Å². The topological polar surface area (TPSA) is 64.1 Å². The Hall–Kier alpha value is -2.59. The molecular formula is C19H16F3N3O2S2. The summed E-state index contributed by atoms with van der Waals surface area (Å²) >= 11 is 3.03. The molecule has 10 heteroatoms. The number of thiazole rings is 1. The second-order valence-electron chi connectivity index (χ2n) is 5.85. The van der Waals surface area contributed by atoms with Crippen LogP contribution in [0.5, 0.6) is 5.88 Å². The first-order valence-corrected chi connectivity index (χ1v) is 10.3. The Balaban J connectivity index is 1.59. The molecular weight excluding hydrogens is 423 g/mol. The van der Waals surface area contributed by atoms with E-state index in [9.17, 15) is 18.0 Å². The number of hydrogen-bond donors (Lipinski definition) is 1. The number of alkyl halides is 3. The molecule has 1 amide bonds. The van der Waals surface area contributed by atoms with Crippen molar-refractivity contribution in [2.24, 2.45) is 0 Å². The molecule has 2 aromatic heterocycles. The smallest absolute Gasteiger partial charge is 0.422 e. The van der Waals surface area contributed by atoms with Crippen molar-refractivity contribution >= 4 is 29.0 Å². The van der Waals surface area contributed by atoms with Gasteiger partial charge in [0.1, 0.15) is 0 Å². The second-order valence-corrected chi connectivity index (χ2v) is 7.59. The molecule has 0 aliphatic rings. The Labute approximate surface area is 173 Å². The van der Waals surface area contributed by atoms with Crippen molar-refractivity contribution in [3.63, 3.8) is 0 Å². The van der Waals surface area contributed by atoms with Gasteiger partial charge in [-0.25, -0.2) is 9.97 Å². The first kappa shape index (κ1) is 21.1. The summed E-state index contributed by atoms with van der Waals surface area (Å²) in [6.07, 6.45) is -3.10. The number of carbonyl (C=O) groups excluding carboxylic acids is 1. The SMILES string of the molecule is O=C(NCc1ccnc(OCC(F)(F)F)c1)c1ccccc1SCc1cscn1. The average molecular weight is 439 g/mol. The number of carbonyl (C=O) groups is 1. The zero-order chi connectivity index (χ0) is 20.7. The molecule has 0 radical (unpaired) electrons. The maximum Gasteiger partial charge on any atom is 0.422 e. The van der Waals surface area contributed by atoms with Gasteiger partial charge in [0.25, 0.3) is 5.91 Å². The fraction of sp³-hybridized carbons (Fsp3) is 0.211. The largest absolute Gasteiger partial charge is 0.468 e. The van der Waals surface area contributed by atoms with E-state index >= 15 is 0 Å². The van der Waals surface area contributed by atoms with Gasteiger partial charge >= 0.3 is 6.18 Å². The number of rotatable bonds is 8. The van der Waals surface area contributed by atoms with Crippen LogP contribution < -0.4 is 10.1 Å². The number of amides is 1. The molecule has 0 aliphatic heterocycles. The summed E-state index contributed by atoms with van der Waals surface area (Å²) in [5.74, 6) is 0.229. The minimum atomic E-state index is -4.44. The predicted octanol–water partition coefficient (Wildman–Crippen LogP) is 4.70. The third-order valence-corrected chi connectivity index (χ3v) is 5.37. The zero-order valence-electron chi connectivity index (χ0n) is 15.0. The number of nitrogens with one attached hydrogen (secondary N) is 1. The van der Waals surface area contributed by atoms with E-state index in [4.69, 9.17) is 0 Å². The first-order valence-electron chi connectivity index (χ1n) is 8.42. The van der Waals surface area contributed by atoms with Crippen molar-refractivity contribution in [2.75, 3.05) is 6.61 Å². The molecule has 1 N–H and O–H groups in total. The molecule has 1 aromatic carbocycles. The molecule has 0 unspecified atom stereocenters. The summed E-state index contributed by atoms with van der Waals surface area (Å²) in [5.41, 5.74) is 3.81. The van der Waals surface area contributed by atoms with Crippen LogP contribution in [0.15, 0.2) is 58.4 Å². The van der Waals surface area contributed by atoms with Crippen LogP contribution in [0.2, 0.25) is 0 Å². The van der Waals surface area contributed by atoms with Gasteiger partial charge in [-0.2, -0.15) is 13.2 Å². The quantitative estimate of drug-likeness (QED) is 0.516. The van der Waals surface area contributed by atoms with Gasteiger partial charge in [0.15, 0.2) is 6.61 Å². The number of ether oxygens (including phenoxy) is 1. The lowest BCUT2D eigenvalue weighted by Crippen LogP contribution is -2.23. The molecule has 5 nitrogen and oxygen atoms in total. The number of nitrogens with zero attached hydrogens (tertiary/aromatic N) is 2. The minimum Gasteiger partial charge on any atom is -0.468 e. The van der Waals surface area contributed by atoms with Gasteiger partial charge in [0.2, 0.25) is 5.88 Å². The Morgan fingerprint density at radius 2 is 2.03 bits per heavy atom. The Bertz CT molecular complexity index is 950. The Kier molecular flexibility index (Phi) is 7.10. The van der Waals surface area contributed by atoms with Crippen LogP contribution in [0, 0.1) is 0 Å². The summed E-state index contributed by atoms with van der Waals surface area (Å²) in [6.45, 7) is -1.28. The van der Waals surface area contributed by atoms with Crippen molar-refractivity contribution in [3.05, 3.63) is 70.3 Å². The second kappa shape index (κ2) is 9.75. The molecule has 0 spiro atoms. The number of benzene rings is 1. The van der Waals surface area contributed by atoms with E-state index in [-0.39, 0.29) is 18.3 Å². The van der Waals surface area contributed by atoms with Gasteiger partial charge in [-0.1, -0.05) is 12.1 Å². The summed E-state index contributed by atoms with van der Waals surface area (Å²) in [7, 11) is 0. The monoisotopic (exact) mass is 439 g/mol. The van der Waals surface area contributed by atoms with E-state index in [0.717, 1.165) is 10.6 Å². The molecule has 29 heavy (non-hydrogen) atoms. The maximum absolute atomic E-state index is 12.6. The maximum atomic E-state index is 12.6. The van der Waals surface area contributed by atoms with Crippen molar-refractivity contribution in [3.8, 4) is 5.88 Å². The number of pyridine rings is 1. The van der Waals surface area contributed by atoms with Crippen LogP contribution in [0.3, 0.4) is 0 Å². The highest BCUT2D eigenvalue weighted by atomic mass is 32.2. The standard InChI is InChI=1S/C19H16F3N3O2S2/c20-19(21,22)11-27-17-7-13(5-6-23-17)8-24-18(26)15-3-1-2-4-16(15)29-10-14-9-28-12-25-14/h1-7,9,12H,8,10-11H2,(H,24,26). The summed E-state index contributed by atoms with van der Waals surface area (Å²) < 4.78 is 41.4. The van der Waals surface area contributed by atoms with Crippen molar-refractivity contribution in [1.82, 2.24) is 15.3 Å². The number of aromatic nitrogens is 2. The lowest BCUT2D eigenvalue weighted by Gasteiger charge is -2.11. The molecule has 0 saturated heterocycles. The third-order valence-electron chi connectivity index (χ3n) is 3.63. The lowest BCUT2D eigenvalue weighted by molar-refractivity contribution is -0.154. The van der Waals surface area contributed by atoms with E-state index in [1.807, 2.05) is 17.5 Å². The van der Waals surface area contributed by atoms with Gasteiger partial charge in [-0.3, -0.25) is 4.79 Å². The summed E-state index contributed by atoms with van der Waals surface area (Å²) in [6, 6.07) is 10.2. The van der Waals surface area contributed by atoms with Crippen molar-refractivity contribution < 1.29 is 22.7 Å². The number of halogens is 3. The van der Waals surface area contributed by atoms with Gasteiger partial charge in [0, 0.05) is 34.8 Å². The summed E-state index contributed by atoms with van der Waals surface area (Å²) in [5, 5.41) is 4.73. The molecule has 0 atom stereocenters. The number of thioether (sulfide) groups is 1. The molecule has 0 fully saturated rings. The molecule has 2 heterocycles. The van der Waals surface area contributed by atoms with Crippen molar-refractivity contribution in [2.45, 2.75) is 23.4 Å². The van der Waals surface area contributed by atoms with Crippen LogP contribution >= 0.6 is 23.1 Å². The fourth-order valence-corrected chi connectivity index (χ4v) is 3.93. The van der Waals surface area contributed by atoms with Gasteiger partial charge in [-0.05, 0) is 23.8 Å². The fourth-order valence-electron chi connectivity index (χ4n) is 2.31. The highest BCUT2D eigenvalue weighted by Crippen LogP contribution is 2.26. The van der Waals surface area contributed by atoms with Gasteiger partial charge < -0.3 is 10.1 Å². The normalized spacial score (nSPS) is 11.3. The third kappa shape index (κ3) is 6.75. The van der Waals surface area contributed by atoms with Crippen LogP contribution in [-0.2, 0) is 12.3 Å². The highest BCUT2D eigenvalue weighted by Gasteiger charge is 2.28. The van der Waals surface area contributed by atoms with Crippen LogP contribution in [-0.4, -0.2) is 28.7 Å². The molecule has 0 bridgehead atoms. The Morgan fingerprint density at radius 3 is 2.79 bits per heavy atom. The number of hydrogen-bond acceptors (Lipinski definition) is 6. The molecule has 3 aromatic rings. The van der Waals surface area contributed by atoms with E-state index in [1.54, 1.807) is 23.7 Å². The minimum absolute atomic E-state index is 0.134. The van der Waals surface area contributed by atoms with Crippen LogP contribution in [0.25, 0.3) is 0 Å². The molecule has 3 rings (SSSR count). The lowest BCUT2D eigenvalue weighted by atomic mass is 10.2. The predicted molar refractivity (Wildman–Crippen MR) is 105 cm³/mol. The van der Waals surface area contributed by atoms with E-state index in [2.05, 4.69) is 20.0 Å². The van der Waals surface area contributed by atoms with E-state index in [0.29, 0.717) is 16.9 Å². The molecule has 152 valence electrons. The summed E-state index contributed by atoms with van der Waals surface area (Å²) in [4.78, 5) is 21.4. The van der Waals surface area contributed by atoms with Crippen molar-refractivity contribution in [1.29, 1.82) is 0 Å². The molecule has 0 aliphatic carbocycles. The van der Waals surface area contributed by atoms with Gasteiger partial charge in [0.05, 0.1) is 16.8 Å². The first-order chi connectivity index (χ1) is 13.9. The van der Waals surface area contributed by atoms with Gasteiger partial charge in [-0.15, -0.1) is 23.1 Å². The highest BCUT2D eigenvalue weighted by molar-refractivity contribution is 7.98. The molecule has 0 saturated carbocycles. The average Bonchev–Trinajstić information content (AvgIpc) is 3.23. The zero-order valence-corrected chi connectivity index (χ0v) is 16.6.